The van der Waals surface area contributed by atoms with Crippen molar-refractivity contribution in [1.82, 2.24) is 5.32 Å². The highest BCUT2D eigenvalue weighted by Gasteiger charge is 2.39. The number of nitrogens with one attached hydrogen (secondary N) is 1. The van der Waals surface area contributed by atoms with Crippen LogP contribution in [0.25, 0.3) is 0 Å². The van der Waals surface area contributed by atoms with E-state index in [1.807, 2.05) is 91.0 Å². The third kappa shape index (κ3) is 7.64. The number of benzene rings is 4. The highest BCUT2D eigenvalue weighted by molar-refractivity contribution is 5.99. The number of nitrogens with zero attached hydrogens (tertiary/aromatic N) is 1. The first kappa shape index (κ1) is 32.6. The van der Waals surface area contributed by atoms with E-state index in [1.165, 1.54) is 12.3 Å². The van der Waals surface area contributed by atoms with Gasteiger partial charge in [0.2, 0.25) is 6.04 Å². The van der Waals surface area contributed by atoms with E-state index in [1.54, 1.807) is 32.0 Å². The summed E-state index contributed by atoms with van der Waals surface area (Å²) in [6, 6.07) is 35.8. The smallest absolute Gasteiger partial charge is 0.340 e. The standard InChI is InChI=1S/C37H35FN2O5/c1-3-43-35(41)34(36(42)44-4-2)40-25-27(24-39)32(31-22-14-15-23-33(31)38)26-45-37(28-16-8-5-9-17-28,29-18-10-6-11-19-29)30-20-12-7-13-21-30/h5-23,25,32,34,40H,3-4,26H2,1-2H3/b27-25+/t32-/m1/s1. The summed E-state index contributed by atoms with van der Waals surface area (Å²) in [4.78, 5) is 25.2. The SMILES string of the molecule is CCOC(=O)C(N/C=C(\C#N)[C@@H](COC(c1ccccc1)(c1ccccc1)c1ccccc1)c1ccccc1F)C(=O)OCC. The Morgan fingerprint density at radius 2 is 1.22 bits per heavy atom. The molecule has 8 heteroatoms. The number of rotatable bonds is 14. The van der Waals surface area contributed by atoms with E-state index in [9.17, 15) is 14.9 Å². The van der Waals surface area contributed by atoms with Crippen LogP contribution in [0.3, 0.4) is 0 Å². The molecule has 0 radical (unpaired) electrons. The highest BCUT2D eigenvalue weighted by atomic mass is 19.1. The number of nitriles is 1. The maximum absolute atomic E-state index is 15.4. The van der Waals surface area contributed by atoms with E-state index < -0.39 is 35.3 Å². The summed E-state index contributed by atoms with van der Waals surface area (Å²) in [5, 5.41) is 13.0. The summed E-state index contributed by atoms with van der Waals surface area (Å²) in [5.74, 6) is -3.20. The van der Waals surface area contributed by atoms with Crippen LogP contribution >= 0.6 is 0 Å². The van der Waals surface area contributed by atoms with Gasteiger partial charge in [0, 0.05) is 12.1 Å². The van der Waals surface area contributed by atoms with Crippen molar-refractivity contribution in [3.05, 3.63) is 155 Å². The van der Waals surface area contributed by atoms with Crippen LogP contribution < -0.4 is 5.32 Å². The second-order valence-corrected chi connectivity index (χ2v) is 9.98. The second kappa shape index (κ2) is 16.0. The topological polar surface area (TPSA) is 97.6 Å². The van der Waals surface area contributed by atoms with Crippen LogP contribution in [0.4, 0.5) is 4.39 Å². The molecule has 0 fully saturated rings. The van der Waals surface area contributed by atoms with Crippen molar-refractivity contribution in [1.29, 1.82) is 5.26 Å². The lowest BCUT2D eigenvalue weighted by molar-refractivity contribution is -0.157. The molecule has 1 atom stereocenters. The first-order chi connectivity index (χ1) is 22.0. The Morgan fingerprint density at radius 3 is 1.64 bits per heavy atom. The molecule has 0 aliphatic rings. The first-order valence-electron chi connectivity index (χ1n) is 14.7. The fraction of sp³-hybridized carbons (Fsp3) is 0.216. The van der Waals surface area contributed by atoms with Gasteiger partial charge in [-0.1, -0.05) is 109 Å². The van der Waals surface area contributed by atoms with E-state index in [0.29, 0.717) is 0 Å². The molecule has 0 unspecified atom stereocenters. The molecule has 0 amide bonds. The quantitative estimate of drug-likeness (QED) is 0.0767. The zero-order chi connectivity index (χ0) is 32.1. The summed E-state index contributed by atoms with van der Waals surface area (Å²) < 4.78 is 32.5. The van der Waals surface area contributed by atoms with Gasteiger partial charge in [0.15, 0.2) is 0 Å². The molecular formula is C37H35FN2O5. The normalized spacial score (nSPS) is 12.2. The van der Waals surface area contributed by atoms with Gasteiger partial charge in [0.25, 0.3) is 0 Å². The van der Waals surface area contributed by atoms with Gasteiger partial charge in [-0.2, -0.15) is 5.26 Å². The molecule has 0 aromatic heterocycles. The van der Waals surface area contributed by atoms with Crippen molar-refractivity contribution in [3.8, 4) is 6.07 Å². The fourth-order valence-corrected chi connectivity index (χ4v) is 5.15. The van der Waals surface area contributed by atoms with Gasteiger partial charge in [-0.15, -0.1) is 0 Å². The zero-order valence-electron chi connectivity index (χ0n) is 25.2. The minimum atomic E-state index is -1.52. The van der Waals surface area contributed by atoms with Crippen LogP contribution in [0.1, 0.15) is 42.0 Å². The number of halogens is 1. The second-order valence-electron chi connectivity index (χ2n) is 9.98. The third-order valence-corrected chi connectivity index (χ3v) is 7.24. The maximum Gasteiger partial charge on any atom is 0.340 e. The third-order valence-electron chi connectivity index (χ3n) is 7.24. The van der Waals surface area contributed by atoms with Crippen LogP contribution in [0.2, 0.25) is 0 Å². The number of ether oxygens (including phenoxy) is 3. The molecule has 45 heavy (non-hydrogen) atoms. The van der Waals surface area contributed by atoms with E-state index in [4.69, 9.17) is 14.2 Å². The van der Waals surface area contributed by atoms with Crippen molar-refractivity contribution >= 4 is 11.9 Å². The van der Waals surface area contributed by atoms with Crippen LogP contribution in [-0.4, -0.2) is 37.8 Å². The van der Waals surface area contributed by atoms with Gasteiger partial charge < -0.3 is 19.5 Å². The molecule has 7 nitrogen and oxygen atoms in total. The molecule has 4 rings (SSSR count). The Hall–Kier alpha value is -5.26. The summed E-state index contributed by atoms with van der Waals surface area (Å²) >= 11 is 0. The molecule has 230 valence electrons. The van der Waals surface area contributed by atoms with E-state index in [0.717, 1.165) is 16.7 Å². The lowest BCUT2D eigenvalue weighted by Crippen LogP contribution is -2.43. The minimum absolute atomic E-state index is 0.0294. The van der Waals surface area contributed by atoms with Gasteiger partial charge >= 0.3 is 11.9 Å². The summed E-state index contributed by atoms with van der Waals surface area (Å²) in [6.07, 6.45) is 1.23. The monoisotopic (exact) mass is 606 g/mol. The summed E-state index contributed by atoms with van der Waals surface area (Å²) in [5.41, 5.74) is 1.60. The van der Waals surface area contributed by atoms with Gasteiger partial charge in [0.05, 0.1) is 31.5 Å². The van der Waals surface area contributed by atoms with Crippen molar-refractivity contribution in [2.24, 2.45) is 0 Å². The predicted molar refractivity (Wildman–Crippen MR) is 168 cm³/mol. The van der Waals surface area contributed by atoms with Gasteiger partial charge in [-0.3, -0.25) is 0 Å². The molecule has 1 N–H and O–H groups in total. The zero-order valence-corrected chi connectivity index (χ0v) is 25.2. The molecule has 0 aliphatic heterocycles. The molecule has 0 heterocycles. The first-order valence-corrected chi connectivity index (χ1v) is 14.7. The fourth-order valence-electron chi connectivity index (χ4n) is 5.15. The molecule has 4 aromatic carbocycles. The van der Waals surface area contributed by atoms with Gasteiger partial charge in [0.1, 0.15) is 11.4 Å². The van der Waals surface area contributed by atoms with Crippen LogP contribution in [-0.2, 0) is 29.4 Å². The Bertz CT molecular complexity index is 1510. The van der Waals surface area contributed by atoms with Crippen molar-refractivity contribution in [2.75, 3.05) is 19.8 Å². The largest absolute Gasteiger partial charge is 0.464 e. The highest BCUT2D eigenvalue weighted by Crippen LogP contribution is 2.42. The number of hydrogen-bond donors (Lipinski definition) is 1. The van der Waals surface area contributed by atoms with E-state index in [2.05, 4.69) is 11.4 Å². The molecular weight excluding hydrogens is 571 g/mol. The Labute approximate surface area is 262 Å². The van der Waals surface area contributed by atoms with Gasteiger partial charge in [-0.05, 0) is 42.2 Å². The Balaban J connectivity index is 1.83. The minimum Gasteiger partial charge on any atom is -0.464 e. The molecule has 0 saturated carbocycles. The molecule has 0 aliphatic carbocycles. The molecule has 0 bridgehead atoms. The average Bonchev–Trinajstić information content (AvgIpc) is 3.08. The predicted octanol–water partition coefficient (Wildman–Crippen LogP) is 6.41. The number of esters is 2. The summed E-state index contributed by atoms with van der Waals surface area (Å²) in [7, 11) is 0. The van der Waals surface area contributed by atoms with Crippen molar-refractivity contribution in [2.45, 2.75) is 31.4 Å². The van der Waals surface area contributed by atoms with Crippen molar-refractivity contribution < 1.29 is 28.2 Å². The number of carbonyl (C=O) groups excluding carboxylic acids is 2. The number of carbonyl (C=O) groups is 2. The van der Waals surface area contributed by atoms with Gasteiger partial charge in [-0.25, -0.2) is 14.0 Å². The Morgan fingerprint density at radius 1 is 0.778 bits per heavy atom. The van der Waals surface area contributed by atoms with Crippen LogP contribution in [0.15, 0.2) is 127 Å². The summed E-state index contributed by atoms with van der Waals surface area (Å²) in [6.45, 7) is 3.15. The average molecular weight is 607 g/mol. The number of hydrogen-bond acceptors (Lipinski definition) is 7. The lowest BCUT2D eigenvalue weighted by Gasteiger charge is -2.37. The Kier molecular flexibility index (Phi) is 11.6. The lowest BCUT2D eigenvalue weighted by atomic mass is 9.79. The van der Waals surface area contributed by atoms with E-state index >= 15 is 4.39 Å². The van der Waals surface area contributed by atoms with Crippen molar-refractivity contribution in [3.63, 3.8) is 0 Å². The maximum atomic E-state index is 15.4. The van der Waals surface area contributed by atoms with Crippen LogP contribution in [0.5, 0.6) is 0 Å². The van der Waals surface area contributed by atoms with E-state index in [-0.39, 0.29) is 31.0 Å². The molecule has 0 saturated heterocycles. The van der Waals surface area contributed by atoms with Crippen LogP contribution in [0, 0.1) is 17.1 Å². The molecule has 0 spiro atoms. The molecule has 4 aromatic rings.